The molecule has 7 nitrogen and oxygen atoms in total. The fraction of sp³-hybridized carbons (Fsp3) is 0.194. The molecule has 0 aliphatic carbocycles. The molecule has 1 unspecified atom stereocenters. The molecular formula is C31H30ClNO6S. The molecule has 0 spiro atoms. The summed E-state index contributed by atoms with van der Waals surface area (Å²) in [4.78, 5) is 12.5. The van der Waals surface area contributed by atoms with Gasteiger partial charge in [-0.2, -0.15) is 0 Å². The molecule has 0 aliphatic heterocycles. The number of halogens is 1. The average molecular weight is 580 g/mol. The molecule has 2 N–H and O–H groups in total. The third kappa shape index (κ3) is 7.49. The number of carbonyl (C=O) groups excluding carboxylic acids is 1. The summed E-state index contributed by atoms with van der Waals surface area (Å²) in [7, 11) is -3.73. The van der Waals surface area contributed by atoms with E-state index >= 15 is 0 Å². The second kappa shape index (κ2) is 13.6. The third-order valence-corrected chi connectivity index (χ3v) is 8.16. The maximum absolute atomic E-state index is 13.2. The monoisotopic (exact) mass is 579 g/mol. The number of aliphatic hydroxyl groups is 1. The summed E-state index contributed by atoms with van der Waals surface area (Å²) in [5.41, 5.74) is 2.00. The zero-order valence-corrected chi connectivity index (χ0v) is 23.5. The molecule has 208 valence electrons. The summed E-state index contributed by atoms with van der Waals surface area (Å²) >= 11 is 5.98. The number of aliphatic hydroxyl groups excluding tert-OH is 1. The zero-order valence-electron chi connectivity index (χ0n) is 21.9. The lowest BCUT2D eigenvalue weighted by molar-refractivity contribution is 0.0523. The molecule has 0 radical (unpaired) electrons. The molecule has 40 heavy (non-hydrogen) atoms. The van der Waals surface area contributed by atoms with Gasteiger partial charge in [0.1, 0.15) is 17.1 Å². The van der Waals surface area contributed by atoms with Crippen LogP contribution in [-0.2, 0) is 21.0 Å². The summed E-state index contributed by atoms with van der Waals surface area (Å²) < 4.78 is 37.2. The molecule has 4 aromatic carbocycles. The maximum Gasteiger partial charge on any atom is 0.341 e. The highest BCUT2D eigenvalue weighted by Gasteiger charge is 2.19. The van der Waals surface area contributed by atoms with Gasteiger partial charge in [0.15, 0.2) is 0 Å². The number of nitrogens with one attached hydrogen (secondary N) is 1. The van der Waals surface area contributed by atoms with Crippen molar-refractivity contribution < 1.29 is 27.8 Å². The van der Waals surface area contributed by atoms with E-state index in [9.17, 15) is 18.3 Å². The molecule has 4 rings (SSSR count). The topological polar surface area (TPSA) is 102 Å². The fourth-order valence-electron chi connectivity index (χ4n) is 4.02. The molecule has 0 saturated heterocycles. The van der Waals surface area contributed by atoms with E-state index in [0.717, 1.165) is 11.1 Å². The van der Waals surface area contributed by atoms with Crippen LogP contribution in [0.2, 0.25) is 5.02 Å². The van der Waals surface area contributed by atoms with Crippen molar-refractivity contribution in [3.05, 3.63) is 119 Å². The lowest BCUT2D eigenvalue weighted by Gasteiger charge is -2.13. The van der Waals surface area contributed by atoms with Crippen LogP contribution in [0.4, 0.5) is 0 Å². The predicted molar refractivity (Wildman–Crippen MR) is 154 cm³/mol. The van der Waals surface area contributed by atoms with Gasteiger partial charge in [-0.05, 0) is 91.7 Å². The number of ether oxygens (including phenoxy) is 2. The lowest BCUT2D eigenvalue weighted by atomic mass is 10.1. The van der Waals surface area contributed by atoms with E-state index < -0.39 is 21.9 Å². The Hall–Kier alpha value is -3.69. The Morgan fingerprint density at radius 3 is 2.27 bits per heavy atom. The average Bonchev–Trinajstić information content (AvgIpc) is 2.96. The molecule has 0 aliphatic rings. The number of hydrogen-bond donors (Lipinski definition) is 2. The van der Waals surface area contributed by atoms with Crippen LogP contribution in [0.1, 0.15) is 34.5 Å². The highest BCUT2D eigenvalue weighted by atomic mass is 35.5. The molecule has 0 amide bonds. The minimum atomic E-state index is -3.73. The zero-order chi connectivity index (χ0) is 28.5. The minimum absolute atomic E-state index is 0.128. The Morgan fingerprint density at radius 1 is 0.925 bits per heavy atom. The second-order valence-corrected chi connectivity index (χ2v) is 11.3. The molecule has 0 aromatic heterocycles. The summed E-state index contributed by atoms with van der Waals surface area (Å²) in [5.74, 6) is 0.214. The van der Waals surface area contributed by atoms with Crippen LogP contribution in [0, 0.1) is 0 Å². The van der Waals surface area contributed by atoms with Gasteiger partial charge in [-0.25, -0.2) is 13.2 Å². The van der Waals surface area contributed by atoms with Crippen molar-refractivity contribution in [1.29, 1.82) is 0 Å². The number of hydrogen-bond acceptors (Lipinski definition) is 7. The molecule has 4 aromatic rings. The van der Waals surface area contributed by atoms with Gasteiger partial charge in [0.05, 0.1) is 22.5 Å². The lowest BCUT2D eigenvalue weighted by Crippen LogP contribution is -2.23. The summed E-state index contributed by atoms with van der Waals surface area (Å²) in [6.07, 6.45) is -0.00245. The van der Waals surface area contributed by atoms with Crippen molar-refractivity contribution >= 4 is 27.4 Å². The van der Waals surface area contributed by atoms with Crippen LogP contribution in [0.15, 0.2) is 107 Å². The normalized spacial score (nSPS) is 12.1. The Bertz CT molecular complexity index is 1540. The standard InChI is InChI=1S/C31H30ClNO6S/c1-2-38-31(35)28-8-3-4-9-30(28)39-25-12-16-27(17-13-25)40(36,37)26-14-10-22(11-15-26)18-19-33-21-29(34)23-6-5-7-24(32)20-23/h3-17,20,29,33-34H,2,18-19,21H2,1H3. The maximum atomic E-state index is 13.2. The summed E-state index contributed by atoms with van der Waals surface area (Å²) in [6.45, 7) is 2.96. The number of sulfone groups is 1. The minimum Gasteiger partial charge on any atom is -0.462 e. The Kier molecular flexibility index (Phi) is 9.95. The molecular weight excluding hydrogens is 550 g/mol. The molecule has 0 bridgehead atoms. The first-order valence-corrected chi connectivity index (χ1v) is 14.7. The van der Waals surface area contributed by atoms with E-state index in [-0.39, 0.29) is 22.0 Å². The van der Waals surface area contributed by atoms with Crippen LogP contribution >= 0.6 is 11.6 Å². The van der Waals surface area contributed by atoms with Crippen LogP contribution in [-0.4, -0.2) is 39.2 Å². The Morgan fingerprint density at radius 2 is 1.60 bits per heavy atom. The molecule has 0 fully saturated rings. The van der Waals surface area contributed by atoms with Gasteiger partial charge in [0.2, 0.25) is 9.84 Å². The van der Waals surface area contributed by atoms with Gasteiger partial charge >= 0.3 is 5.97 Å². The predicted octanol–water partition coefficient (Wildman–Crippen LogP) is 6.01. The SMILES string of the molecule is CCOC(=O)c1ccccc1Oc1ccc(S(=O)(=O)c2ccc(CCNCC(O)c3cccc(Cl)c3)cc2)cc1. The van der Waals surface area contributed by atoms with Gasteiger partial charge in [0.25, 0.3) is 0 Å². The van der Waals surface area contributed by atoms with Gasteiger partial charge in [-0.3, -0.25) is 0 Å². The van der Waals surface area contributed by atoms with E-state index in [0.29, 0.717) is 36.0 Å². The van der Waals surface area contributed by atoms with Crippen molar-refractivity contribution in [2.45, 2.75) is 29.2 Å². The fourth-order valence-corrected chi connectivity index (χ4v) is 5.48. The highest BCUT2D eigenvalue weighted by Crippen LogP contribution is 2.28. The van der Waals surface area contributed by atoms with Crippen molar-refractivity contribution in [3.63, 3.8) is 0 Å². The number of esters is 1. The first-order chi connectivity index (χ1) is 19.3. The molecule has 0 saturated carbocycles. The molecule has 0 heterocycles. The molecule has 1 atom stereocenters. The van der Waals surface area contributed by atoms with Gasteiger partial charge in [-0.1, -0.05) is 48.0 Å². The van der Waals surface area contributed by atoms with Crippen LogP contribution < -0.4 is 10.1 Å². The molecule has 9 heteroatoms. The number of rotatable bonds is 12. The highest BCUT2D eigenvalue weighted by molar-refractivity contribution is 7.91. The third-order valence-electron chi connectivity index (χ3n) is 6.14. The van der Waals surface area contributed by atoms with Gasteiger partial charge in [-0.15, -0.1) is 0 Å². The second-order valence-electron chi connectivity index (χ2n) is 8.96. The van der Waals surface area contributed by atoms with Crippen LogP contribution in [0.25, 0.3) is 0 Å². The first-order valence-electron chi connectivity index (χ1n) is 12.8. The number of benzene rings is 4. The van der Waals surface area contributed by atoms with E-state index in [1.54, 1.807) is 85.8 Å². The van der Waals surface area contributed by atoms with Crippen LogP contribution in [0.5, 0.6) is 11.5 Å². The quantitative estimate of drug-likeness (QED) is 0.157. The summed E-state index contributed by atoms with van der Waals surface area (Å²) in [6, 6.07) is 26.6. The van der Waals surface area contributed by atoms with E-state index in [2.05, 4.69) is 5.32 Å². The van der Waals surface area contributed by atoms with Crippen molar-refractivity contribution in [2.24, 2.45) is 0 Å². The van der Waals surface area contributed by atoms with E-state index in [1.165, 1.54) is 12.1 Å². The van der Waals surface area contributed by atoms with Crippen LogP contribution in [0.3, 0.4) is 0 Å². The summed E-state index contributed by atoms with van der Waals surface area (Å²) in [5, 5.41) is 14.1. The first kappa shape index (κ1) is 29.3. The number of carbonyl (C=O) groups is 1. The largest absolute Gasteiger partial charge is 0.462 e. The van der Waals surface area contributed by atoms with Crippen molar-refractivity contribution in [1.82, 2.24) is 5.32 Å². The number of para-hydroxylation sites is 1. The van der Waals surface area contributed by atoms with Crippen molar-refractivity contribution in [2.75, 3.05) is 19.7 Å². The Balaban J connectivity index is 1.34. The Labute approximate surface area is 239 Å². The van der Waals surface area contributed by atoms with E-state index in [1.807, 2.05) is 6.07 Å². The smallest absolute Gasteiger partial charge is 0.341 e. The van der Waals surface area contributed by atoms with Gasteiger partial charge in [0, 0.05) is 11.6 Å². The van der Waals surface area contributed by atoms with Crippen molar-refractivity contribution in [3.8, 4) is 11.5 Å². The van der Waals surface area contributed by atoms with Gasteiger partial charge < -0.3 is 19.9 Å². The van der Waals surface area contributed by atoms with E-state index in [4.69, 9.17) is 21.1 Å².